The zero-order valence-electron chi connectivity index (χ0n) is 16.7. The summed E-state index contributed by atoms with van der Waals surface area (Å²) in [6.07, 6.45) is 7.04. The predicted molar refractivity (Wildman–Crippen MR) is 125 cm³/mol. The lowest BCUT2D eigenvalue weighted by atomic mass is 10.1. The largest absolute Gasteiger partial charge is 0.322 e. The first-order valence-electron chi connectivity index (χ1n) is 9.81. The molecule has 0 unspecified atom stereocenters. The molecule has 2 N–H and O–H groups in total. The van der Waals surface area contributed by atoms with E-state index in [4.69, 9.17) is 0 Å². The van der Waals surface area contributed by atoms with E-state index in [1.165, 1.54) is 6.20 Å². The number of anilines is 2. The fourth-order valence-electron chi connectivity index (χ4n) is 3.23. The molecule has 8 heteroatoms. The Hall–Kier alpha value is -4.30. The van der Waals surface area contributed by atoms with E-state index in [0.29, 0.717) is 22.5 Å². The Kier molecular flexibility index (Phi) is 5.19. The van der Waals surface area contributed by atoms with Crippen LogP contribution in [0.15, 0.2) is 90.8 Å². The number of hydrogen-bond acceptors (Lipinski definition) is 5. The van der Waals surface area contributed by atoms with Crippen LogP contribution in [0.25, 0.3) is 16.2 Å². The van der Waals surface area contributed by atoms with E-state index in [1.54, 1.807) is 53.9 Å². The third-order valence-corrected chi connectivity index (χ3v) is 5.61. The normalized spacial score (nSPS) is 10.8. The fraction of sp³-hybridized carbons (Fsp3) is 0. The molecule has 5 rings (SSSR count). The molecule has 32 heavy (non-hydrogen) atoms. The number of pyridine rings is 1. The predicted octanol–water partition coefficient (Wildman–Crippen LogP) is 4.96. The van der Waals surface area contributed by atoms with Gasteiger partial charge in [-0.3, -0.25) is 19.0 Å². The second-order valence-corrected chi connectivity index (χ2v) is 7.90. The number of carbonyl (C=O) groups is 2. The van der Waals surface area contributed by atoms with Crippen molar-refractivity contribution in [1.29, 1.82) is 0 Å². The Labute approximate surface area is 187 Å². The number of thiazole rings is 1. The number of rotatable bonds is 5. The molecule has 0 saturated carbocycles. The molecule has 5 aromatic rings. The number of nitrogens with zero attached hydrogens (tertiary/aromatic N) is 3. The van der Waals surface area contributed by atoms with Gasteiger partial charge < -0.3 is 10.6 Å². The van der Waals surface area contributed by atoms with Gasteiger partial charge in [0.25, 0.3) is 11.8 Å². The van der Waals surface area contributed by atoms with Gasteiger partial charge in [-0.1, -0.05) is 18.2 Å². The quantitative estimate of drug-likeness (QED) is 0.405. The van der Waals surface area contributed by atoms with Gasteiger partial charge in [0.2, 0.25) is 0 Å². The van der Waals surface area contributed by atoms with E-state index in [0.717, 1.165) is 16.2 Å². The zero-order chi connectivity index (χ0) is 21.9. The van der Waals surface area contributed by atoms with Gasteiger partial charge in [-0.2, -0.15) is 0 Å². The van der Waals surface area contributed by atoms with E-state index in [1.807, 2.05) is 46.4 Å². The lowest BCUT2D eigenvalue weighted by Crippen LogP contribution is -2.14. The smallest absolute Gasteiger partial charge is 0.257 e. The first-order valence-corrected chi connectivity index (χ1v) is 10.7. The third kappa shape index (κ3) is 4.12. The first-order chi connectivity index (χ1) is 15.7. The molecule has 0 atom stereocenters. The highest BCUT2D eigenvalue weighted by Gasteiger charge is 2.11. The number of nitrogens with one attached hydrogen (secondary N) is 2. The molecule has 0 radical (unpaired) electrons. The molecular formula is C24H17N5O2S. The van der Waals surface area contributed by atoms with Gasteiger partial charge in [-0.25, -0.2) is 4.98 Å². The summed E-state index contributed by atoms with van der Waals surface area (Å²) in [5, 5.41) is 7.66. The van der Waals surface area contributed by atoms with E-state index >= 15 is 0 Å². The summed E-state index contributed by atoms with van der Waals surface area (Å²) in [4.78, 5) is 34.5. The molecule has 156 valence electrons. The molecule has 3 heterocycles. The van der Waals surface area contributed by atoms with Crippen LogP contribution < -0.4 is 10.6 Å². The number of benzene rings is 2. The van der Waals surface area contributed by atoms with Crippen LogP contribution in [0.4, 0.5) is 11.4 Å². The SMILES string of the molecule is O=C(Nc1cccc(C(=O)Nc2ccc(-c3cn4ccsc4n3)cc2)c1)c1cccnc1. The minimum absolute atomic E-state index is 0.266. The van der Waals surface area contributed by atoms with E-state index < -0.39 is 0 Å². The Bertz CT molecular complexity index is 1380. The molecule has 7 nitrogen and oxygen atoms in total. The van der Waals surface area contributed by atoms with Crippen molar-refractivity contribution < 1.29 is 9.59 Å². The number of carbonyl (C=O) groups excluding carboxylic acids is 2. The number of hydrogen-bond donors (Lipinski definition) is 2. The van der Waals surface area contributed by atoms with E-state index in [9.17, 15) is 9.59 Å². The number of fused-ring (bicyclic) bond motifs is 1. The lowest BCUT2D eigenvalue weighted by molar-refractivity contribution is 0.101. The van der Waals surface area contributed by atoms with Gasteiger partial charge >= 0.3 is 0 Å². The Balaban J connectivity index is 1.27. The summed E-state index contributed by atoms with van der Waals surface area (Å²) in [7, 11) is 0. The van der Waals surface area contributed by atoms with Gasteiger partial charge in [0.1, 0.15) is 0 Å². The maximum absolute atomic E-state index is 12.7. The van der Waals surface area contributed by atoms with Gasteiger partial charge in [0.15, 0.2) is 4.96 Å². The van der Waals surface area contributed by atoms with E-state index in [2.05, 4.69) is 20.6 Å². The van der Waals surface area contributed by atoms with Crippen LogP contribution in [-0.2, 0) is 0 Å². The van der Waals surface area contributed by atoms with Crippen LogP contribution in [0.3, 0.4) is 0 Å². The maximum Gasteiger partial charge on any atom is 0.257 e. The first kappa shape index (κ1) is 19.7. The standard InChI is InChI=1S/C24H17N5O2S/c30-22(17-3-1-5-20(13-17)27-23(31)18-4-2-10-25-14-18)26-19-8-6-16(7-9-19)21-15-29-11-12-32-24(29)28-21/h1-15H,(H,26,30)(H,27,31). The van der Waals surface area contributed by atoms with Gasteiger partial charge in [0, 0.05) is 52.7 Å². The van der Waals surface area contributed by atoms with Gasteiger partial charge in [-0.05, 0) is 42.5 Å². The Morgan fingerprint density at radius 1 is 0.875 bits per heavy atom. The van der Waals surface area contributed by atoms with Gasteiger partial charge in [0.05, 0.1) is 11.3 Å². The summed E-state index contributed by atoms with van der Waals surface area (Å²) in [6.45, 7) is 0. The monoisotopic (exact) mass is 439 g/mol. The molecule has 0 bridgehead atoms. The highest BCUT2D eigenvalue weighted by atomic mass is 32.1. The topological polar surface area (TPSA) is 88.4 Å². The van der Waals surface area contributed by atoms with Crippen LogP contribution in [0, 0.1) is 0 Å². The second kappa shape index (κ2) is 8.44. The van der Waals surface area contributed by atoms with Crippen LogP contribution in [0.5, 0.6) is 0 Å². The molecule has 0 fully saturated rings. The van der Waals surface area contributed by atoms with Crippen LogP contribution >= 0.6 is 11.3 Å². The lowest BCUT2D eigenvalue weighted by Gasteiger charge is -2.09. The molecular weight excluding hydrogens is 422 g/mol. The summed E-state index contributed by atoms with van der Waals surface area (Å²) >= 11 is 1.58. The van der Waals surface area contributed by atoms with Crippen LogP contribution in [-0.4, -0.2) is 26.2 Å². The van der Waals surface area contributed by atoms with Crippen molar-refractivity contribution in [3.63, 3.8) is 0 Å². The molecule has 0 aliphatic rings. The number of amides is 2. The highest BCUT2D eigenvalue weighted by molar-refractivity contribution is 7.15. The van der Waals surface area contributed by atoms with E-state index in [-0.39, 0.29) is 11.8 Å². The molecule has 0 spiro atoms. The van der Waals surface area contributed by atoms with Crippen LogP contribution in [0.2, 0.25) is 0 Å². The van der Waals surface area contributed by atoms with Crippen molar-refractivity contribution in [3.05, 3.63) is 102 Å². The maximum atomic E-state index is 12.7. The molecule has 2 aromatic carbocycles. The van der Waals surface area contributed by atoms with Crippen molar-refractivity contribution in [2.45, 2.75) is 0 Å². The average Bonchev–Trinajstić information content (AvgIpc) is 3.43. The Morgan fingerprint density at radius 2 is 1.66 bits per heavy atom. The highest BCUT2D eigenvalue weighted by Crippen LogP contribution is 2.23. The molecule has 2 amide bonds. The summed E-state index contributed by atoms with van der Waals surface area (Å²) < 4.78 is 1.98. The molecule has 0 aliphatic carbocycles. The van der Waals surface area contributed by atoms with Crippen molar-refractivity contribution >= 4 is 39.5 Å². The summed E-state index contributed by atoms with van der Waals surface area (Å²) in [5.41, 5.74) is 3.93. The zero-order valence-corrected chi connectivity index (χ0v) is 17.5. The average molecular weight is 440 g/mol. The fourth-order valence-corrected chi connectivity index (χ4v) is 3.93. The van der Waals surface area contributed by atoms with Crippen LogP contribution in [0.1, 0.15) is 20.7 Å². The third-order valence-electron chi connectivity index (χ3n) is 4.84. The van der Waals surface area contributed by atoms with Gasteiger partial charge in [-0.15, -0.1) is 11.3 Å². The minimum atomic E-state index is -0.287. The van der Waals surface area contributed by atoms with Crippen molar-refractivity contribution in [1.82, 2.24) is 14.4 Å². The van der Waals surface area contributed by atoms with Crippen molar-refractivity contribution in [2.24, 2.45) is 0 Å². The van der Waals surface area contributed by atoms with Crippen molar-refractivity contribution in [3.8, 4) is 11.3 Å². The Morgan fingerprint density at radius 3 is 2.44 bits per heavy atom. The van der Waals surface area contributed by atoms with Crippen molar-refractivity contribution in [2.75, 3.05) is 10.6 Å². The number of imidazole rings is 1. The minimum Gasteiger partial charge on any atom is -0.322 e. The number of aromatic nitrogens is 3. The molecule has 3 aromatic heterocycles. The second-order valence-electron chi connectivity index (χ2n) is 7.03. The summed E-state index contributed by atoms with van der Waals surface area (Å²) in [6, 6.07) is 17.7. The molecule has 0 aliphatic heterocycles. The summed E-state index contributed by atoms with van der Waals surface area (Å²) in [5.74, 6) is -0.553. The molecule has 0 saturated heterocycles.